The number of hydrogen-bond acceptors (Lipinski definition) is 3. The lowest BCUT2D eigenvalue weighted by Gasteiger charge is -2.33. The average Bonchev–Trinajstić information content (AvgIpc) is 2.64. The molecule has 1 saturated heterocycles. The molecule has 0 saturated carbocycles. The van der Waals surface area contributed by atoms with E-state index in [1.165, 1.54) is 25.0 Å². The van der Waals surface area contributed by atoms with Crippen molar-refractivity contribution in [1.82, 2.24) is 4.90 Å². The number of rotatable bonds is 6. The molecule has 3 rings (SSSR count). The largest absolute Gasteiger partial charge is 0.457 e. The molecule has 1 unspecified atom stereocenters. The Kier molecular flexibility index (Phi) is 5.94. The predicted molar refractivity (Wildman–Crippen MR) is 102 cm³/mol. The van der Waals surface area contributed by atoms with Crippen LogP contribution in [-0.2, 0) is 5.60 Å². The normalized spacial score (nSPS) is 18.5. The number of piperidine rings is 1. The third-order valence-corrected chi connectivity index (χ3v) is 5.32. The van der Waals surface area contributed by atoms with Gasteiger partial charge in [0.25, 0.3) is 0 Å². The minimum absolute atomic E-state index is 0.285. The summed E-state index contributed by atoms with van der Waals surface area (Å²) in [7, 11) is 0. The van der Waals surface area contributed by atoms with E-state index in [1.54, 1.807) is 12.1 Å². The molecule has 3 nitrogen and oxygen atoms in total. The van der Waals surface area contributed by atoms with Crippen LogP contribution in [0.4, 0.5) is 4.39 Å². The number of aliphatic hydroxyl groups is 1. The standard InChI is InChI=1S/C22H28FNO2/c1-17-11-14-24(15-12-17)16-13-22(2,25)18-3-7-20(8-4-18)26-21-9-5-19(23)6-10-21/h3-10,17,25H,11-16H2,1-2H3. The highest BCUT2D eigenvalue weighted by Crippen LogP contribution is 2.29. The molecule has 0 bridgehead atoms. The summed E-state index contributed by atoms with van der Waals surface area (Å²) >= 11 is 0. The SMILES string of the molecule is CC1CCN(CCC(C)(O)c2ccc(Oc3ccc(F)cc3)cc2)CC1. The zero-order chi connectivity index (χ0) is 18.6. The molecule has 1 aliphatic rings. The molecular weight excluding hydrogens is 329 g/mol. The van der Waals surface area contributed by atoms with E-state index in [2.05, 4.69) is 11.8 Å². The zero-order valence-corrected chi connectivity index (χ0v) is 15.6. The minimum Gasteiger partial charge on any atom is -0.457 e. The van der Waals surface area contributed by atoms with E-state index in [0.717, 1.165) is 31.1 Å². The van der Waals surface area contributed by atoms with Crippen LogP contribution in [0.5, 0.6) is 11.5 Å². The van der Waals surface area contributed by atoms with Gasteiger partial charge in [-0.05, 0) is 87.2 Å². The lowest BCUT2D eigenvalue weighted by Crippen LogP contribution is -2.36. The van der Waals surface area contributed by atoms with Gasteiger partial charge in [-0.2, -0.15) is 0 Å². The Bertz CT molecular complexity index is 689. The van der Waals surface area contributed by atoms with E-state index < -0.39 is 5.60 Å². The summed E-state index contributed by atoms with van der Waals surface area (Å²) in [4.78, 5) is 2.44. The van der Waals surface area contributed by atoms with Crippen LogP contribution < -0.4 is 4.74 Å². The van der Waals surface area contributed by atoms with Gasteiger partial charge in [-0.25, -0.2) is 4.39 Å². The summed E-state index contributed by atoms with van der Waals surface area (Å²) in [5, 5.41) is 10.9. The molecule has 1 fully saturated rings. The predicted octanol–water partition coefficient (Wildman–Crippen LogP) is 4.95. The highest BCUT2D eigenvalue weighted by molar-refractivity contribution is 5.34. The van der Waals surface area contributed by atoms with Crippen LogP contribution in [0.1, 0.15) is 38.7 Å². The summed E-state index contributed by atoms with van der Waals surface area (Å²) in [6.07, 6.45) is 3.20. The molecule has 4 heteroatoms. The fraction of sp³-hybridized carbons (Fsp3) is 0.455. The van der Waals surface area contributed by atoms with Crippen molar-refractivity contribution in [3.05, 3.63) is 59.9 Å². The van der Waals surface area contributed by atoms with E-state index in [1.807, 2.05) is 31.2 Å². The molecule has 1 aliphatic heterocycles. The lowest BCUT2D eigenvalue weighted by atomic mass is 9.91. The second-order valence-electron chi connectivity index (χ2n) is 7.63. The Hall–Kier alpha value is -1.91. The van der Waals surface area contributed by atoms with Crippen LogP contribution in [0.2, 0.25) is 0 Å². The first-order valence-corrected chi connectivity index (χ1v) is 9.41. The van der Waals surface area contributed by atoms with Crippen molar-refractivity contribution in [3.63, 3.8) is 0 Å². The minimum atomic E-state index is -0.864. The van der Waals surface area contributed by atoms with Crippen LogP contribution in [0.25, 0.3) is 0 Å². The first-order valence-electron chi connectivity index (χ1n) is 9.41. The van der Waals surface area contributed by atoms with E-state index in [0.29, 0.717) is 17.9 Å². The number of hydrogen-bond donors (Lipinski definition) is 1. The molecule has 0 aromatic heterocycles. The first-order chi connectivity index (χ1) is 12.4. The second kappa shape index (κ2) is 8.19. The molecule has 1 heterocycles. The number of benzene rings is 2. The van der Waals surface area contributed by atoms with Crippen molar-refractivity contribution < 1.29 is 14.2 Å². The highest BCUT2D eigenvalue weighted by atomic mass is 19.1. The number of ether oxygens (including phenoxy) is 1. The topological polar surface area (TPSA) is 32.7 Å². The van der Waals surface area contributed by atoms with E-state index in [9.17, 15) is 9.50 Å². The van der Waals surface area contributed by atoms with Gasteiger partial charge in [0, 0.05) is 6.54 Å². The third kappa shape index (κ3) is 5.05. The molecule has 1 atom stereocenters. The second-order valence-corrected chi connectivity index (χ2v) is 7.63. The molecule has 0 amide bonds. The molecule has 1 N–H and O–H groups in total. The van der Waals surface area contributed by atoms with E-state index in [4.69, 9.17) is 4.74 Å². The molecular formula is C22H28FNO2. The van der Waals surface area contributed by atoms with Crippen molar-refractivity contribution in [2.45, 2.75) is 38.7 Å². The highest BCUT2D eigenvalue weighted by Gasteiger charge is 2.25. The fourth-order valence-electron chi connectivity index (χ4n) is 3.33. The van der Waals surface area contributed by atoms with Gasteiger partial charge in [-0.15, -0.1) is 0 Å². The van der Waals surface area contributed by atoms with Crippen LogP contribution in [-0.4, -0.2) is 29.6 Å². The Morgan fingerprint density at radius 3 is 2.15 bits per heavy atom. The Morgan fingerprint density at radius 1 is 1.04 bits per heavy atom. The van der Waals surface area contributed by atoms with Crippen LogP contribution in [0.15, 0.2) is 48.5 Å². The summed E-state index contributed by atoms with van der Waals surface area (Å²) < 4.78 is 18.7. The summed E-state index contributed by atoms with van der Waals surface area (Å²) in [5.74, 6) is 1.79. The van der Waals surface area contributed by atoms with E-state index in [-0.39, 0.29) is 5.82 Å². The van der Waals surface area contributed by atoms with Crippen LogP contribution in [0.3, 0.4) is 0 Å². The van der Waals surface area contributed by atoms with Gasteiger partial charge in [-0.3, -0.25) is 0 Å². The van der Waals surface area contributed by atoms with Gasteiger partial charge in [-0.1, -0.05) is 19.1 Å². The summed E-state index contributed by atoms with van der Waals surface area (Å²) in [6.45, 7) is 7.34. The van der Waals surface area contributed by atoms with Gasteiger partial charge < -0.3 is 14.7 Å². The van der Waals surface area contributed by atoms with Crippen molar-refractivity contribution in [2.24, 2.45) is 5.92 Å². The number of nitrogens with zero attached hydrogens (tertiary/aromatic N) is 1. The summed E-state index contributed by atoms with van der Waals surface area (Å²) in [5.41, 5.74) is 0.0200. The Labute approximate surface area is 155 Å². The zero-order valence-electron chi connectivity index (χ0n) is 15.6. The Balaban J connectivity index is 1.56. The smallest absolute Gasteiger partial charge is 0.127 e. The first kappa shape index (κ1) is 18.9. The molecule has 2 aromatic rings. The lowest BCUT2D eigenvalue weighted by molar-refractivity contribution is 0.0319. The molecule has 0 aliphatic carbocycles. The van der Waals surface area contributed by atoms with Gasteiger partial charge in [0.2, 0.25) is 0 Å². The molecule has 2 aromatic carbocycles. The van der Waals surface area contributed by atoms with Crippen molar-refractivity contribution in [1.29, 1.82) is 0 Å². The maximum absolute atomic E-state index is 12.9. The third-order valence-electron chi connectivity index (χ3n) is 5.32. The van der Waals surface area contributed by atoms with Gasteiger partial charge in [0.1, 0.15) is 17.3 Å². The monoisotopic (exact) mass is 357 g/mol. The van der Waals surface area contributed by atoms with Gasteiger partial charge >= 0.3 is 0 Å². The molecule has 140 valence electrons. The molecule has 26 heavy (non-hydrogen) atoms. The quantitative estimate of drug-likeness (QED) is 0.794. The van der Waals surface area contributed by atoms with Crippen molar-refractivity contribution in [2.75, 3.05) is 19.6 Å². The Morgan fingerprint density at radius 2 is 1.58 bits per heavy atom. The fourth-order valence-corrected chi connectivity index (χ4v) is 3.33. The van der Waals surface area contributed by atoms with Crippen LogP contribution in [0, 0.1) is 11.7 Å². The van der Waals surface area contributed by atoms with E-state index >= 15 is 0 Å². The van der Waals surface area contributed by atoms with Gasteiger partial charge in [0.05, 0.1) is 5.60 Å². The molecule has 0 radical (unpaired) electrons. The number of halogens is 1. The van der Waals surface area contributed by atoms with Crippen LogP contribution >= 0.6 is 0 Å². The maximum atomic E-state index is 12.9. The number of likely N-dealkylation sites (tertiary alicyclic amines) is 1. The van der Waals surface area contributed by atoms with Crippen molar-refractivity contribution in [3.8, 4) is 11.5 Å². The van der Waals surface area contributed by atoms with Gasteiger partial charge in [0.15, 0.2) is 0 Å². The maximum Gasteiger partial charge on any atom is 0.127 e. The van der Waals surface area contributed by atoms with Crippen molar-refractivity contribution >= 4 is 0 Å². The average molecular weight is 357 g/mol. The summed E-state index contributed by atoms with van der Waals surface area (Å²) in [6, 6.07) is 13.4. The molecule has 0 spiro atoms.